The molecule has 0 fully saturated rings. The number of aromatic hydroxyl groups is 1. The molecular formula is C22H16Cl2N2O. The van der Waals surface area contributed by atoms with Gasteiger partial charge < -0.3 is 5.11 Å². The smallest absolute Gasteiger partial charge is 0.124 e. The summed E-state index contributed by atoms with van der Waals surface area (Å²) in [6, 6.07) is 22.8. The molecule has 1 heterocycles. The van der Waals surface area contributed by atoms with Gasteiger partial charge in [-0.05, 0) is 29.8 Å². The van der Waals surface area contributed by atoms with Gasteiger partial charge in [0, 0.05) is 23.1 Å². The number of benzene rings is 3. The lowest BCUT2D eigenvalue weighted by Gasteiger charge is -2.09. The van der Waals surface area contributed by atoms with E-state index in [2.05, 4.69) is 10.2 Å². The molecule has 1 aromatic heterocycles. The quantitative estimate of drug-likeness (QED) is 0.423. The second-order valence-corrected chi connectivity index (χ2v) is 7.05. The molecule has 3 aromatic carbocycles. The lowest BCUT2D eigenvalue weighted by molar-refractivity contribution is 0.477. The van der Waals surface area contributed by atoms with E-state index >= 15 is 0 Å². The molecule has 0 radical (unpaired) electrons. The van der Waals surface area contributed by atoms with Gasteiger partial charge in [-0.15, -0.1) is 0 Å². The van der Waals surface area contributed by atoms with Gasteiger partial charge in [0.2, 0.25) is 0 Å². The van der Waals surface area contributed by atoms with Crippen molar-refractivity contribution in [3.8, 4) is 28.3 Å². The zero-order chi connectivity index (χ0) is 18.8. The molecule has 134 valence electrons. The molecule has 0 aliphatic carbocycles. The fourth-order valence-corrected chi connectivity index (χ4v) is 3.45. The molecule has 0 bridgehead atoms. The number of H-pyrrole nitrogens is 1. The lowest BCUT2D eigenvalue weighted by atomic mass is 9.96. The third-order valence-corrected chi connectivity index (χ3v) is 5.19. The lowest BCUT2D eigenvalue weighted by Crippen LogP contribution is -1.93. The van der Waals surface area contributed by atoms with Crippen molar-refractivity contribution in [3.05, 3.63) is 94.0 Å². The van der Waals surface area contributed by atoms with Gasteiger partial charge in [-0.2, -0.15) is 5.10 Å². The van der Waals surface area contributed by atoms with Gasteiger partial charge in [-0.25, -0.2) is 0 Å². The Morgan fingerprint density at radius 2 is 1.59 bits per heavy atom. The summed E-state index contributed by atoms with van der Waals surface area (Å²) in [6.45, 7) is 0. The Labute approximate surface area is 167 Å². The highest BCUT2D eigenvalue weighted by Crippen LogP contribution is 2.36. The number of nitrogens with zero attached hydrogens (tertiary/aromatic N) is 1. The predicted octanol–water partition coefficient (Wildman–Crippen LogP) is 6.35. The number of phenols is 1. The van der Waals surface area contributed by atoms with E-state index < -0.39 is 0 Å². The minimum atomic E-state index is 0.205. The summed E-state index contributed by atoms with van der Waals surface area (Å²) in [7, 11) is 0. The largest absolute Gasteiger partial charge is 0.507 e. The van der Waals surface area contributed by atoms with Crippen molar-refractivity contribution in [2.45, 2.75) is 6.42 Å². The summed E-state index contributed by atoms with van der Waals surface area (Å²) in [5.74, 6) is 0.205. The minimum absolute atomic E-state index is 0.205. The predicted molar refractivity (Wildman–Crippen MR) is 110 cm³/mol. The molecule has 2 N–H and O–H groups in total. The molecule has 0 saturated heterocycles. The maximum atomic E-state index is 10.3. The highest BCUT2D eigenvalue weighted by molar-refractivity contribution is 6.42. The molecule has 0 aliphatic heterocycles. The second-order valence-electron chi connectivity index (χ2n) is 6.23. The van der Waals surface area contributed by atoms with Gasteiger partial charge in [-0.1, -0.05) is 71.7 Å². The molecule has 3 nitrogen and oxygen atoms in total. The van der Waals surface area contributed by atoms with Crippen LogP contribution in [-0.4, -0.2) is 15.3 Å². The number of para-hydroxylation sites is 1. The number of hydrogen-bond donors (Lipinski definition) is 2. The van der Waals surface area contributed by atoms with E-state index in [4.69, 9.17) is 23.2 Å². The molecule has 0 atom stereocenters. The van der Waals surface area contributed by atoms with Crippen LogP contribution in [0.25, 0.3) is 22.5 Å². The maximum absolute atomic E-state index is 10.3. The molecule has 0 unspecified atom stereocenters. The SMILES string of the molecule is Oc1ccccc1-c1[nH]nc(-c2ccccc2)c1Cc1ccc(Cl)c(Cl)c1. The van der Waals surface area contributed by atoms with E-state index in [1.165, 1.54) is 0 Å². The van der Waals surface area contributed by atoms with Crippen LogP contribution in [0.15, 0.2) is 72.8 Å². The van der Waals surface area contributed by atoms with Crippen LogP contribution in [0.5, 0.6) is 5.75 Å². The van der Waals surface area contributed by atoms with E-state index in [1.807, 2.05) is 54.6 Å². The van der Waals surface area contributed by atoms with Gasteiger partial charge in [0.1, 0.15) is 5.75 Å². The highest BCUT2D eigenvalue weighted by atomic mass is 35.5. The van der Waals surface area contributed by atoms with Gasteiger partial charge in [0.15, 0.2) is 0 Å². The van der Waals surface area contributed by atoms with Gasteiger partial charge in [0.05, 0.1) is 21.4 Å². The van der Waals surface area contributed by atoms with Crippen LogP contribution in [0, 0.1) is 0 Å². The highest BCUT2D eigenvalue weighted by Gasteiger charge is 2.19. The standard InChI is InChI=1S/C22H16Cl2N2O/c23-18-11-10-14(13-19(18)24)12-17-21(15-6-2-1-3-7-15)25-26-22(17)16-8-4-5-9-20(16)27/h1-11,13,27H,12H2,(H,25,26). The summed E-state index contributed by atoms with van der Waals surface area (Å²) < 4.78 is 0. The Morgan fingerprint density at radius 3 is 2.33 bits per heavy atom. The van der Waals surface area contributed by atoms with Crippen molar-refractivity contribution in [2.75, 3.05) is 0 Å². The van der Waals surface area contributed by atoms with Crippen molar-refractivity contribution in [3.63, 3.8) is 0 Å². The third-order valence-electron chi connectivity index (χ3n) is 4.45. The zero-order valence-corrected chi connectivity index (χ0v) is 15.8. The fourth-order valence-electron chi connectivity index (χ4n) is 3.13. The molecule has 0 aliphatic rings. The molecular weight excluding hydrogens is 379 g/mol. The molecule has 5 heteroatoms. The number of hydrogen-bond acceptors (Lipinski definition) is 2. The number of phenolic OH excluding ortho intramolecular Hbond substituents is 1. The summed E-state index contributed by atoms with van der Waals surface area (Å²) in [5.41, 5.74) is 5.35. The Bertz CT molecular complexity index is 1090. The summed E-state index contributed by atoms with van der Waals surface area (Å²) in [4.78, 5) is 0. The van der Waals surface area contributed by atoms with Crippen molar-refractivity contribution in [2.24, 2.45) is 0 Å². The molecule has 4 aromatic rings. The second kappa shape index (κ2) is 7.47. The normalized spacial score (nSPS) is 10.9. The van der Waals surface area contributed by atoms with Crippen LogP contribution in [0.2, 0.25) is 10.0 Å². The van der Waals surface area contributed by atoms with Crippen LogP contribution >= 0.6 is 23.2 Å². The first kappa shape index (κ1) is 17.7. The van der Waals surface area contributed by atoms with Crippen molar-refractivity contribution in [1.29, 1.82) is 0 Å². The number of nitrogens with one attached hydrogen (secondary N) is 1. The Hall–Kier alpha value is -2.75. The minimum Gasteiger partial charge on any atom is -0.507 e. The van der Waals surface area contributed by atoms with Crippen LogP contribution in [0.4, 0.5) is 0 Å². The van der Waals surface area contributed by atoms with Gasteiger partial charge >= 0.3 is 0 Å². The zero-order valence-electron chi connectivity index (χ0n) is 14.3. The first-order chi connectivity index (χ1) is 13.1. The summed E-state index contributed by atoms with van der Waals surface area (Å²) in [6.07, 6.45) is 0.598. The number of aromatic nitrogens is 2. The Balaban J connectivity index is 1.87. The van der Waals surface area contributed by atoms with E-state index in [0.717, 1.165) is 28.1 Å². The molecule has 0 saturated carbocycles. The molecule has 27 heavy (non-hydrogen) atoms. The van der Waals surface area contributed by atoms with Crippen LogP contribution in [0.3, 0.4) is 0 Å². The van der Waals surface area contributed by atoms with E-state index in [1.54, 1.807) is 18.2 Å². The number of aromatic amines is 1. The first-order valence-corrected chi connectivity index (χ1v) is 9.24. The van der Waals surface area contributed by atoms with Crippen LogP contribution < -0.4 is 0 Å². The third kappa shape index (κ3) is 3.57. The topological polar surface area (TPSA) is 48.9 Å². The average Bonchev–Trinajstić information content (AvgIpc) is 3.09. The number of rotatable bonds is 4. The first-order valence-electron chi connectivity index (χ1n) is 8.48. The van der Waals surface area contributed by atoms with Crippen LogP contribution in [-0.2, 0) is 6.42 Å². The molecule has 0 amide bonds. The van der Waals surface area contributed by atoms with E-state index in [0.29, 0.717) is 22.0 Å². The average molecular weight is 395 g/mol. The van der Waals surface area contributed by atoms with Crippen molar-refractivity contribution >= 4 is 23.2 Å². The monoisotopic (exact) mass is 394 g/mol. The fraction of sp³-hybridized carbons (Fsp3) is 0.0455. The summed E-state index contributed by atoms with van der Waals surface area (Å²) in [5, 5.41) is 19.0. The van der Waals surface area contributed by atoms with Crippen molar-refractivity contribution in [1.82, 2.24) is 10.2 Å². The Morgan fingerprint density at radius 1 is 0.852 bits per heavy atom. The maximum Gasteiger partial charge on any atom is 0.124 e. The van der Waals surface area contributed by atoms with Gasteiger partial charge in [0.25, 0.3) is 0 Å². The van der Waals surface area contributed by atoms with E-state index in [9.17, 15) is 5.11 Å². The van der Waals surface area contributed by atoms with E-state index in [-0.39, 0.29) is 5.75 Å². The van der Waals surface area contributed by atoms with Crippen LogP contribution in [0.1, 0.15) is 11.1 Å². The molecule has 4 rings (SSSR count). The number of halogens is 2. The van der Waals surface area contributed by atoms with Gasteiger partial charge in [-0.3, -0.25) is 5.10 Å². The summed E-state index contributed by atoms with van der Waals surface area (Å²) >= 11 is 12.3. The van der Waals surface area contributed by atoms with Crippen molar-refractivity contribution < 1.29 is 5.11 Å². The Kier molecular flexibility index (Phi) is 4.88. The molecule has 0 spiro atoms.